The topological polar surface area (TPSA) is 93.8 Å². The van der Waals surface area contributed by atoms with Gasteiger partial charge in [-0.2, -0.15) is 0 Å². The number of primary amides is 1. The van der Waals surface area contributed by atoms with E-state index in [-0.39, 0.29) is 11.3 Å². The fourth-order valence-electron chi connectivity index (χ4n) is 3.29. The first kappa shape index (κ1) is 21.0. The molecule has 0 unspecified atom stereocenters. The number of aromatic hydroxyl groups is 1. The molecule has 1 saturated heterocycles. The molecule has 1 heterocycles. The summed E-state index contributed by atoms with van der Waals surface area (Å²) in [7, 11) is 0. The van der Waals surface area contributed by atoms with Crippen LogP contribution in [0.5, 0.6) is 17.2 Å². The van der Waals surface area contributed by atoms with Crippen molar-refractivity contribution in [1.82, 2.24) is 5.32 Å². The molecule has 0 atom stereocenters. The second-order valence-corrected chi connectivity index (χ2v) is 7.06. The molecule has 4 N–H and O–H groups in total. The number of hydrogen-bond donors (Lipinski definition) is 3. The molecule has 1 aliphatic heterocycles. The van der Waals surface area contributed by atoms with Gasteiger partial charge in [0, 0.05) is 25.8 Å². The Morgan fingerprint density at radius 2 is 1.90 bits per heavy atom. The Hall–Kier alpha value is -2.71. The zero-order valence-corrected chi connectivity index (χ0v) is 15.9. The zero-order chi connectivity index (χ0) is 20.8. The third kappa shape index (κ3) is 5.65. The van der Waals surface area contributed by atoms with Crippen LogP contribution in [-0.4, -0.2) is 30.8 Å². The van der Waals surface area contributed by atoms with Crippen LogP contribution in [0.2, 0.25) is 0 Å². The van der Waals surface area contributed by atoms with E-state index >= 15 is 0 Å². The highest BCUT2D eigenvalue weighted by molar-refractivity contribution is 5.95. The number of halogens is 2. The van der Waals surface area contributed by atoms with Crippen LogP contribution in [0.4, 0.5) is 8.78 Å². The first-order valence-electron chi connectivity index (χ1n) is 9.51. The van der Waals surface area contributed by atoms with Gasteiger partial charge in [-0.1, -0.05) is 0 Å². The van der Waals surface area contributed by atoms with Crippen LogP contribution in [0, 0.1) is 17.6 Å². The first-order valence-corrected chi connectivity index (χ1v) is 9.51. The Kier molecular flexibility index (Phi) is 7.00. The van der Waals surface area contributed by atoms with E-state index in [0.29, 0.717) is 18.0 Å². The number of ether oxygens (including phenoxy) is 2. The summed E-state index contributed by atoms with van der Waals surface area (Å²) in [5.74, 6) is -2.94. The molecule has 1 fully saturated rings. The van der Waals surface area contributed by atoms with E-state index in [1.807, 2.05) is 0 Å². The van der Waals surface area contributed by atoms with Gasteiger partial charge in [-0.05, 0) is 61.6 Å². The summed E-state index contributed by atoms with van der Waals surface area (Å²) >= 11 is 0. The Balaban J connectivity index is 1.58. The number of hydrogen-bond acceptors (Lipinski definition) is 5. The van der Waals surface area contributed by atoms with Gasteiger partial charge in [-0.3, -0.25) is 4.79 Å². The van der Waals surface area contributed by atoms with E-state index in [1.165, 1.54) is 24.3 Å². The van der Waals surface area contributed by atoms with Crippen molar-refractivity contribution in [3.63, 3.8) is 0 Å². The molecule has 0 aromatic heterocycles. The normalized spacial score (nSPS) is 14.7. The molecule has 0 radical (unpaired) electrons. The van der Waals surface area contributed by atoms with Gasteiger partial charge in [-0.15, -0.1) is 0 Å². The van der Waals surface area contributed by atoms with E-state index in [2.05, 4.69) is 5.32 Å². The van der Waals surface area contributed by atoms with E-state index in [9.17, 15) is 18.7 Å². The van der Waals surface area contributed by atoms with Gasteiger partial charge in [0.1, 0.15) is 11.5 Å². The predicted molar refractivity (Wildman–Crippen MR) is 103 cm³/mol. The standard InChI is InChI=1S/C21H24F2N2O4/c22-17-9-14(12-25-6-3-13-4-7-28-8-5-13)10-18(23)20(17)29-15-1-2-16(21(24)27)19(26)11-15/h1-2,9-11,13,25-26H,3-8,12H2,(H2,24,27). The Morgan fingerprint density at radius 3 is 2.52 bits per heavy atom. The molecule has 8 heteroatoms. The summed E-state index contributed by atoms with van der Waals surface area (Å²) in [6.07, 6.45) is 3.10. The molecular weight excluding hydrogens is 382 g/mol. The van der Waals surface area contributed by atoms with Crippen molar-refractivity contribution in [2.45, 2.75) is 25.8 Å². The minimum Gasteiger partial charge on any atom is -0.507 e. The van der Waals surface area contributed by atoms with Crippen molar-refractivity contribution < 1.29 is 28.2 Å². The maximum absolute atomic E-state index is 14.4. The smallest absolute Gasteiger partial charge is 0.252 e. The van der Waals surface area contributed by atoms with Crippen LogP contribution >= 0.6 is 0 Å². The quantitative estimate of drug-likeness (QED) is 0.584. The molecule has 0 saturated carbocycles. The van der Waals surface area contributed by atoms with Crippen LogP contribution in [0.1, 0.15) is 35.2 Å². The van der Waals surface area contributed by atoms with Crippen molar-refractivity contribution in [3.05, 3.63) is 53.1 Å². The van der Waals surface area contributed by atoms with Crippen LogP contribution in [-0.2, 0) is 11.3 Å². The maximum Gasteiger partial charge on any atom is 0.252 e. The lowest BCUT2D eigenvalue weighted by Gasteiger charge is -2.21. The number of nitrogens with two attached hydrogens (primary N) is 1. The maximum atomic E-state index is 14.4. The minimum absolute atomic E-state index is 0.0207. The molecule has 1 amide bonds. The molecule has 6 nitrogen and oxygen atoms in total. The number of nitrogens with one attached hydrogen (secondary N) is 1. The number of carbonyl (C=O) groups is 1. The number of phenols is 1. The number of rotatable bonds is 8. The van der Waals surface area contributed by atoms with Gasteiger partial charge in [0.05, 0.1) is 5.56 Å². The van der Waals surface area contributed by atoms with Gasteiger partial charge in [0.15, 0.2) is 17.4 Å². The van der Waals surface area contributed by atoms with Crippen LogP contribution in [0.25, 0.3) is 0 Å². The van der Waals surface area contributed by atoms with E-state index in [1.54, 1.807) is 0 Å². The lowest BCUT2D eigenvalue weighted by Crippen LogP contribution is -2.22. The minimum atomic E-state index is -0.857. The summed E-state index contributed by atoms with van der Waals surface area (Å²) in [6.45, 7) is 2.69. The summed E-state index contributed by atoms with van der Waals surface area (Å²) in [5.41, 5.74) is 5.46. The number of carbonyl (C=O) groups excluding carboxylic acids is 1. The van der Waals surface area contributed by atoms with Crippen molar-refractivity contribution in [2.75, 3.05) is 19.8 Å². The first-order chi connectivity index (χ1) is 13.9. The van der Waals surface area contributed by atoms with Crippen molar-refractivity contribution in [1.29, 1.82) is 0 Å². The Labute approximate surface area is 167 Å². The Morgan fingerprint density at radius 1 is 1.21 bits per heavy atom. The number of amides is 1. The molecule has 29 heavy (non-hydrogen) atoms. The SMILES string of the molecule is NC(=O)c1ccc(Oc2c(F)cc(CNCCC3CCOCC3)cc2F)cc1O. The third-order valence-corrected chi connectivity index (χ3v) is 4.91. The van der Waals surface area contributed by atoms with Gasteiger partial charge < -0.3 is 25.6 Å². The lowest BCUT2D eigenvalue weighted by molar-refractivity contribution is 0.0639. The fourth-order valence-corrected chi connectivity index (χ4v) is 3.29. The third-order valence-electron chi connectivity index (χ3n) is 4.91. The molecule has 1 aliphatic rings. The predicted octanol–water partition coefficient (Wildman–Crippen LogP) is 3.47. The zero-order valence-electron chi connectivity index (χ0n) is 15.9. The van der Waals surface area contributed by atoms with Gasteiger partial charge >= 0.3 is 0 Å². The molecule has 0 spiro atoms. The van der Waals surface area contributed by atoms with E-state index < -0.39 is 29.0 Å². The second-order valence-electron chi connectivity index (χ2n) is 7.06. The average molecular weight is 406 g/mol. The summed E-state index contributed by atoms with van der Waals surface area (Å²) in [5, 5.41) is 13.0. The van der Waals surface area contributed by atoms with Gasteiger partial charge in [0.2, 0.25) is 0 Å². The van der Waals surface area contributed by atoms with Crippen LogP contribution < -0.4 is 15.8 Å². The van der Waals surface area contributed by atoms with Gasteiger partial charge in [-0.25, -0.2) is 8.78 Å². The summed E-state index contributed by atoms with van der Waals surface area (Å²) in [4.78, 5) is 11.1. The van der Waals surface area contributed by atoms with E-state index in [0.717, 1.165) is 45.1 Å². The highest BCUT2D eigenvalue weighted by Crippen LogP contribution is 2.31. The molecule has 3 rings (SSSR count). The molecule has 2 aromatic carbocycles. The van der Waals surface area contributed by atoms with Crippen molar-refractivity contribution in [2.24, 2.45) is 11.7 Å². The molecule has 0 bridgehead atoms. The monoisotopic (exact) mass is 406 g/mol. The fraction of sp³-hybridized carbons (Fsp3) is 0.381. The molecular formula is C21H24F2N2O4. The van der Waals surface area contributed by atoms with Crippen LogP contribution in [0.3, 0.4) is 0 Å². The largest absolute Gasteiger partial charge is 0.507 e. The highest BCUT2D eigenvalue weighted by Gasteiger charge is 2.16. The summed E-state index contributed by atoms with van der Waals surface area (Å²) < 4.78 is 39.3. The molecule has 0 aliphatic carbocycles. The summed E-state index contributed by atoms with van der Waals surface area (Å²) in [6, 6.07) is 6.00. The average Bonchev–Trinajstić information content (AvgIpc) is 2.69. The number of benzene rings is 2. The van der Waals surface area contributed by atoms with Crippen molar-refractivity contribution in [3.8, 4) is 17.2 Å². The Bertz CT molecular complexity index is 847. The lowest BCUT2D eigenvalue weighted by atomic mass is 9.97. The van der Waals surface area contributed by atoms with Gasteiger partial charge in [0.25, 0.3) is 5.91 Å². The second kappa shape index (κ2) is 9.67. The highest BCUT2D eigenvalue weighted by atomic mass is 19.1. The van der Waals surface area contributed by atoms with E-state index in [4.69, 9.17) is 15.2 Å². The van der Waals surface area contributed by atoms with Crippen molar-refractivity contribution >= 4 is 5.91 Å². The molecule has 156 valence electrons. The molecule has 2 aromatic rings. The van der Waals surface area contributed by atoms with Crippen LogP contribution in [0.15, 0.2) is 30.3 Å².